The summed E-state index contributed by atoms with van der Waals surface area (Å²) in [5.74, 6) is 0. The van der Waals surface area contributed by atoms with Gasteiger partial charge in [-0.2, -0.15) is 5.10 Å². The molecule has 1 aliphatic heterocycles. The molecule has 1 aliphatic carbocycles. The van der Waals surface area contributed by atoms with Crippen molar-refractivity contribution in [3.63, 3.8) is 0 Å². The van der Waals surface area contributed by atoms with Gasteiger partial charge in [0.1, 0.15) is 0 Å². The second kappa shape index (κ2) is 4.78. The van der Waals surface area contributed by atoms with Crippen molar-refractivity contribution < 1.29 is 5.11 Å². The van der Waals surface area contributed by atoms with E-state index in [4.69, 9.17) is 0 Å². The molecule has 4 nitrogen and oxygen atoms in total. The standard InChI is InChI=1S/C13H21N3O/c17-10-13-6-8-16-12(5-7-14-16)9-15(13)11-3-1-2-4-11/h5,7,11,13,17H,1-4,6,8-10H2. The van der Waals surface area contributed by atoms with Crippen LogP contribution < -0.4 is 0 Å². The van der Waals surface area contributed by atoms with Crippen molar-refractivity contribution in [2.75, 3.05) is 6.61 Å². The third-order valence-corrected chi connectivity index (χ3v) is 4.30. The van der Waals surface area contributed by atoms with Crippen LogP contribution in [0.5, 0.6) is 0 Å². The molecule has 94 valence electrons. The number of hydrogen-bond donors (Lipinski definition) is 1. The minimum absolute atomic E-state index is 0.279. The fraction of sp³-hybridized carbons (Fsp3) is 0.769. The van der Waals surface area contributed by atoms with Gasteiger partial charge in [0, 0.05) is 31.4 Å². The monoisotopic (exact) mass is 235 g/mol. The Bertz CT molecular complexity index is 370. The van der Waals surface area contributed by atoms with Crippen LogP contribution in [0, 0.1) is 0 Å². The molecule has 1 aromatic heterocycles. The van der Waals surface area contributed by atoms with Gasteiger partial charge in [-0.1, -0.05) is 12.8 Å². The molecule has 0 saturated heterocycles. The lowest BCUT2D eigenvalue weighted by Gasteiger charge is -2.33. The van der Waals surface area contributed by atoms with Crippen molar-refractivity contribution in [3.05, 3.63) is 18.0 Å². The molecule has 4 heteroatoms. The average molecular weight is 235 g/mol. The fourth-order valence-electron chi connectivity index (χ4n) is 3.31. The minimum Gasteiger partial charge on any atom is -0.395 e. The van der Waals surface area contributed by atoms with Gasteiger partial charge in [0.25, 0.3) is 0 Å². The van der Waals surface area contributed by atoms with Crippen LogP contribution >= 0.6 is 0 Å². The van der Waals surface area contributed by atoms with Crippen molar-refractivity contribution >= 4 is 0 Å². The largest absolute Gasteiger partial charge is 0.395 e. The van der Waals surface area contributed by atoms with Gasteiger partial charge in [-0.25, -0.2) is 0 Å². The molecule has 2 aliphatic rings. The van der Waals surface area contributed by atoms with Crippen LogP contribution in [0.2, 0.25) is 0 Å². The smallest absolute Gasteiger partial charge is 0.0587 e. The van der Waals surface area contributed by atoms with Crippen LogP contribution in [0.3, 0.4) is 0 Å². The van der Waals surface area contributed by atoms with Crippen molar-refractivity contribution in [1.29, 1.82) is 0 Å². The minimum atomic E-state index is 0.279. The molecule has 1 atom stereocenters. The second-order valence-electron chi connectivity index (χ2n) is 5.28. The number of aromatic nitrogens is 2. The zero-order chi connectivity index (χ0) is 11.7. The number of rotatable bonds is 2. The maximum Gasteiger partial charge on any atom is 0.0587 e. The Morgan fingerprint density at radius 1 is 1.29 bits per heavy atom. The van der Waals surface area contributed by atoms with E-state index in [0.717, 1.165) is 19.5 Å². The summed E-state index contributed by atoms with van der Waals surface area (Å²) in [5, 5.41) is 13.9. The highest BCUT2D eigenvalue weighted by molar-refractivity contribution is 5.03. The van der Waals surface area contributed by atoms with Crippen molar-refractivity contribution in [3.8, 4) is 0 Å². The quantitative estimate of drug-likeness (QED) is 0.842. The van der Waals surface area contributed by atoms with E-state index in [2.05, 4.69) is 20.7 Å². The zero-order valence-corrected chi connectivity index (χ0v) is 10.3. The Morgan fingerprint density at radius 2 is 2.12 bits per heavy atom. The average Bonchev–Trinajstić information content (AvgIpc) is 2.97. The van der Waals surface area contributed by atoms with Gasteiger partial charge in [0.2, 0.25) is 0 Å². The third kappa shape index (κ3) is 2.11. The van der Waals surface area contributed by atoms with Crippen LogP contribution in [0.1, 0.15) is 37.8 Å². The molecule has 1 N–H and O–H groups in total. The van der Waals surface area contributed by atoms with E-state index in [1.165, 1.54) is 31.4 Å². The molecule has 17 heavy (non-hydrogen) atoms. The lowest BCUT2D eigenvalue weighted by molar-refractivity contribution is 0.0758. The lowest BCUT2D eigenvalue weighted by Crippen LogP contribution is -2.42. The first kappa shape index (κ1) is 11.2. The number of aliphatic hydroxyl groups excluding tert-OH is 1. The second-order valence-corrected chi connectivity index (χ2v) is 5.28. The molecule has 0 amide bonds. The topological polar surface area (TPSA) is 41.3 Å². The SMILES string of the molecule is OCC1CCn2nccc2CN1C1CCCC1. The highest BCUT2D eigenvalue weighted by Crippen LogP contribution is 2.29. The number of hydrogen-bond acceptors (Lipinski definition) is 3. The molecule has 1 fully saturated rings. The molecule has 0 aromatic carbocycles. The molecular weight excluding hydrogens is 214 g/mol. The Balaban J connectivity index is 1.82. The van der Waals surface area contributed by atoms with Crippen LogP contribution in [-0.4, -0.2) is 38.5 Å². The van der Waals surface area contributed by atoms with Crippen LogP contribution in [-0.2, 0) is 13.1 Å². The van der Waals surface area contributed by atoms with Gasteiger partial charge in [-0.05, 0) is 25.3 Å². The molecule has 1 saturated carbocycles. The molecular formula is C13H21N3O. The third-order valence-electron chi connectivity index (χ3n) is 4.30. The van der Waals surface area contributed by atoms with Crippen molar-refractivity contribution in [2.45, 2.75) is 57.3 Å². The summed E-state index contributed by atoms with van der Waals surface area (Å²) in [6.45, 7) is 2.17. The van der Waals surface area contributed by atoms with E-state index in [1.807, 2.05) is 6.20 Å². The predicted molar refractivity (Wildman–Crippen MR) is 65.5 cm³/mol. The lowest BCUT2D eigenvalue weighted by atomic mass is 10.1. The summed E-state index contributed by atoms with van der Waals surface area (Å²) in [7, 11) is 0. The Morgan fingerprint density at radius 3 is 2.88 bits per heavy atom. The van der Waals surface area contributed by atoms with Crippen LogP contribution in [0.25, 0.3) is 0 Å². The van der Waals surface area contributed by atoms with Gasteiger partial charge in [0.05, 0.1) is 12.3 Å². The van der Waals surface area contributed by atoms with Gasteiger partial charge < -0.3 is 5.11 Å². The summed E-state index contributed by atoms with van der Waals surface area (Å²) >= 11 is 0. The fourth-order valence-corrected chi connectivity index (χ4v) is 3.31. The van der Waals surface area contributed by atoms with E-state index in [1.54, 1.807) is 0 Å². The van der Waals surface area contributed by atoms with Crippen molar-refractivity contribution in [2.24, 2.45) is 0 Å². The highest BCUT2D eigenvalue weighted by atomic mass is 16.3. The van der Waals surface area contributed by atoms with Gasteiger partial charge in [-0.15, -0.1) is 0 Å². The predicted octanol–water partition coefficient (Wildman–Crippen LogP) is 1.39. The van der Waals surface area contributed by atoms with E-state index in [9.17, 15) is 5.11 Å². The van der Waals surface area contributed by atoms with E-state index >= 15 is 0 Å². The van der Waals surface area contributed by atoms with Crippen molar-refractivity contribution in [1.82, 2.24) is 14.7 Å². The summed E-state index contributed by atoms with van der Waals surface area (Å²) in [5.41, 5.74) is 1.30. The van der Waals surface area contributed by atoms with Gasteiger partial charge in [-0.3, -0.25) is 9.58 Å². The molecule has 1 aromatic rings. The Hall–Kier alpha value is -0.870. The normalized spacial score (nSPS) is 27.0. The highest BCUT2D eigenvalue weighted by Gasteiger charge is 2.30. The Kier molecular flexibility index (Phi) is 3.16. The maximum absolute atomic E-state index is 9.59. The molecule has 3 rings (SSSR count). The molecule has 0 spiro atoms. The Labute approximate surface area is 102 Å². The first-order valence-electron chi connectivity index (χ1n) is 6.76. The first-order valence-corrected chi connectivity index (χ1v) is 6.76. The summed E-state index contributed by atoms with van der Waals surface area (Å²) in [6, 6.07) is 3.11. The number of aliphatic hydroxyl groups is 1. The molecule has 0 radical (unpaired) electrons. The van der Waals surface area contributed by atoms with Gasteiger partial charge in [0.15, 0.2) is 0 Å². The molecule has 2 heterocycles. The van der Waals surface area contributed by atoms with E-state index < -0.39 is 0 Å². The van der Waals surface area contributed by atoms with Crippen LogP contribution in [0.4, 0.5) is 0 Å². The van der Waals surface area contributed by atoms with Crippen LogP contribution in [0.15, 0.2) is 12.3 Å². The summed E-state index contributed by atoms with van der Waals surface area (Å²) in [4.78, 5) is 2.52. The molecule has 0 bridgehead atoms. The van der Waals surface area contributed by atoms with E-state index in [-0.39, 0.29) is 6.61 Å². The first-order chi connectivity index (χ1) is 8.38. The number of nitrogens with zero attached hydrogens (tertiary/aromatic N) is 3. The van der Waals surface area contributed by atoms with E-state index in [0.29, 0.717) is 12.1 Å². The summed E-state index contributed by atoms with van der Waals surface area (Å²) in [6.07, 6.45) is 8.19. The number of aryl methyl sites for hydroxylation is 1. The zero-order valence-electron chi connectivity index (χ0n) is 10.3. The molecule has 1 unspecified atom stereocenters. The number of fused-ring (bicyclic) bond motifs is 1. The maximum atomic E-state index is 9.59. The summed E-state index contributed by atoms with van der Waals surface area (Å²) < 4.78 is 2.09. The van der Waals surface area contributed by atoms with Gasteiger partial charge >= 0.3 is 0 Å².